The van der Waals surface area contributed by atoms with Crippen LogP contribution in [-0.4, -0.2) is 12.1 Å². The second-order valence-corrected chi connectivity index (χ2v) is 2.99. The van der Waals surface area contributed by atoms with Crippen molar-refractivity contribution in [2.75, 3.05) is 7.11 Å². The van der Waals surface area contributed by atoms with Gasteiger partial charge in [0.05, 0.1) is 12.6 Å². The molecule has 1 aromatic carbocycles. The summed E-state index contributed by atoms with van der Waals surface area (Å²) in [5.41, 5.74) is 1.44. The van der Waals surface area contributed by atoms with Crippen LogP contribution < -0.4 is 4.74 Å². The Morgan fingerprint density at radius 3 is 2.85 bits per heavy atom. The van der Waals surface area contributed by atoms with Crippen LogP contribution in [0.5, 0.6) is 5.75 Å². The SMILES string of the molecule is COc1ccc(F)c2[nH]c(C)cc12. The molecule has 13 heavy (non-hydrogen) atoms. The highest BCUT2D eigenvalue weighted by atomic mass is 19.1. The van der Waals surface area contributed by atoms with Crippen molar-refractivity contribution in [1.82, 2.24) is 4.98 Å². The number of nitrogens with one attached hydrogen (secondary N) is 1. The highest BCUT2D eigenvalue weighted by Crippen LogP contribution is 2.27. The first-order valence-corrected chi connectivity index (χ1v) is 4.04. The molecular formula is C10H10FNO. The molecule has 2 rings (SSSR count). The predicted octanol–water partition coefficient (Wildman–Crippen LogP) is 2.62. The van der Waals surface area contributed by atoms with Crippen LogP contribution in [0.2, 0.25) is 0 Å². The molecule has 1 N–H and O–H groups in total. The van der Waals surface area contributed by atoms with Crippen LogP contribution in [0.25, 0.3) is 10.9 Å². The number of rotatable bonds is 1. The molecule has 0 bridgehead atoms. The summed E-state index contributed by atoms with van der Waals surface area (Å²) in [7, 11) is 1.58. The molecule has 2 aromatic rings. The van der Waals surface area contributed by atoms with Gasteiger partial charge in [-0.15, -0.1) is 0 Å². The van der Waals surface area contributed by atoms with Gasteiger partial charge >= 0.3 is 0 Å². The summed E-state index contributed by atoms with van der Waals surface area (Å²) in [5.74, 6) is 0.449. The second kappa shape index (κ2) is 2.76. The Balaban J connectivity index is 2.83. The number of halogens is 1. The van der Waals surface area contributed by atoms with Crippen LogP contribution >= 0.6 is 0 Å². The zero-order valence-corrected chi connectivity index (χ0v) is 7.52. The van der Waals surface area contributed by atoms with Crippen molar-refractivity contribution < 1.29 is 9.13 Å². The van der Waals surface area contributed by atoms with E-state index in [0.29, 0.717) is 11.3 Å². The normalized spacial score (nSPS) is 10.7. The summed E-state index contributed by atoms with van der Waals surface area (Å²) < 4.78 is 18.3. The van der Waals surface area contributed by atoms with Gasteiger partial charge in [0.1, 0.15) is 11.6 Å². The molecule has 0 unspecified atom stereocenters. The molecule has 0 saturated heterocycles. The first-order valence-electron chi connectivity index (χ1n) is 4.04. The lowest BCUT2D eigenvalue weighted by atomic mass is 10.2. The molecule has 0 radical (unpaired) electrons. The maximum atomic E-state index is 13.2. The number of hydrogen-bond acceptors (Lipinski definition) is 1. The summed E-state index contributed by atoms with van der Waals surface area (Å²) in [4.78, 5) is 2.95. The second-order valence-electron chi connectivity index (χ2n) is 2.99. The van der Waals surface area contributed by atoms with Gasteiger partial charge < -0.3 is 9.72 Å². The fourth-order valence-electron chi connectivity index (χ4n) is 1.47. The van der Waals surface area contributed by atoms with Gasteiger partial charge in [0.15, 0.2) is 0 Å². The number of H-pyrrole nitrogens is 1. The molecule has 0 saturated carbocycles. The molecule has 0 spiro atoms. The van der Waals surface area contributed by atoms with Gasteiger partial charge in [-0.1, -0.05) is 0 Å². The van der Waals surface area contributed by atoms with Crippen LogP contribution in [0.15, 0.2) is 18.2 Å². The number of aromatic amines is 1. The maximum Gasteiger partial charge on any atom is 0.147 e. The van der Waals surface area contributed by atoms with E-state index in [-0.39, 0.29) is 5.82 Å². The number of methoxy groups -OCH3 is 1. The Kier molecular flexibility index (Phi) is 1.72. The largest absolute Gasteiger partial charge is 0.496 e. The number of hydrogen-bond donors (Lipinski definition) is 1. The number of fused-ring (bicyclic) bond motifs is 1. The van der Waals surface area contributed by atoms with E-state index in [0.717, 1.165) is 11.1 Å². The first-order chi connectivity index (χ1) is 6.22. The third-order valence-electron chi connectivity index (χ3n) is 2.06. The van der Waals surface area contributed by atoms with Crippen LogP contribution in [-0.2, 0) is 0 Å². The lowest BCUT2D eigenvalue weighted by Crippen LogP contribution is -1.85. The zero-order chi connectivity index (χ0) is 9.42. The third-order valence-corrected chi connectivity index (χ3v) is 2.06. The minimum absolute atomic E-state index is 0.246. The number of benzene rings is 1. The quantitative estimate of drug-likeness (QED) is 0.715. The van der Waals surface area contributed by atoms with E-state index in [1.165, 1.54) is 6.07 Å². The van der Waals surface area contributed by atoms with Gasteiger partial charge in [-0.05, 0) is 25.1 Å². The van der Waals surface area contributed by atoms with E-state index in [1.807, 2.05) is 13.0 Å². The summed E-state index contributed by atoms with van der Waals surface area (Å²) >= 11 is 0. The Hall–Kier alpha value is -1.51. The Morgan fingerprint density at radius 2 is 2.15 bits per heavy atom. The van der Waals surface area contributed by atoms with Crippen LogP contribution in [0.3, 0.4) is 0 Å². The number of aromatic nitrogens is 1. The van der Waals surface area contributed by atoms with Gasteiger partial charge in [0, 0.05) is 11.1 Å². The Labute approximate surface area is 75.3 Å². The van der Waals surface area contributed by atoms with Crippen molar-refractivity contribution in [2.45, 2.75) is 6.92 Å². The van der Waals surface area contributed by atoms with Crippen LogP contribution in [0.1, 0.15) is 5.69 Å². The van der Waals surface area contributed by atoms with E-state index in [2.05, 4.69) is 4.98 Å². The summed E-state index contributed by atoms with van der Waals surface area (Å²) in [6.45, 7) is 1.89. The van der Waals surface area contributed by atoms with E-state index in [1.54, 1.807) is 13.2 Å². The van der Waals surface area contributed by atoms with Crippen LogP contribution in [0, 0.1) is 12.7 Å². The minimum atomic E-state index is -0.246. The molecule has 0 aliphatic heterocycles. The number of aryl methyl sites for hydroxylation is 1. The van der Waals surface area contributed by atoms with Crippen molar-refractivity contribution in [3.63, 3.8) is 0 Å². The van der Waals surface area contributed by atoms with E-state index in [9.17, 15) is 4.39 Å². The summed E-state index contributed by atoms with van der Waals surface area (Å²) in [6.07, 6.45) is 0. The summed E-state index contributed by atoms with van der Waals surface area (Å²) in [5, 5.41) is 0.792. The lowest BCUT2D eigenvalue weighted by Gasteiger charge is -2.00. The van der Waals surface area contributed by atoms with Gasteiger partial charge in [0.2, 0.25) is 0 Å². The lowest BCUT2D eigenvalue weighted by molar-refractivity contribution is 0.419. The van der Waals surface area contributed by atoms with E-state index >= 15 is 0 Å². The molecule has 3 heteroatoms. The third kappa shape index (κ3) is 1.16. The molecule has 0 aliphatic carbocycles. The highest BCUT2D eigenvalue weighted by Gasteiger charge is 2.07. The monoisotopic (exact) mass is 179 g/mol. The Bertz CT molecular complexity index is 447. The minimum Gasteiger partial charge on any atom is -0.496 e. The highest BCUT2D eigenvalue weighted by molar-refractivity contribution is 5.87. The van der Waals surface area contributed by atoms with E-state index < -0.39 is 0 Å². The maximum absolute atomic E-state index is 13.2. The van der Waals surface area contributed by atoms with Crippen molar-refractivity contribution >= 4 is 10.9 Å². The van der Waals surface area contributed by atoms with Gasteiger partial charge in [-0.25, -0.2) is 4.39 Å². The molecule has 0 amide bonds. The van der Waals surface area contributed by atoms with Crippen molar-refractivity contribution in [1.29, 1.82) is 0 Å². The molecule has 68 valence electrons. The van der Waals surface area contributed by atoms with Gasteiger partial charge in [-0.2, -0.15) is 0 Å². The predicted molar refractivity (Wildman–Crippen MR) is 49.5 cm³/mol. The van der Waals surface area contributed by atoms with Crippen LogP contribution in [0.4, 0.5) is 4.39 Å². The van der Waals surface area contributed by atoms with Crippen molar-refractivity contribution in [3.05, 3.63) is 29.7 Å². The molecule has 0 aliphatic rings. The molecular weight excluding hydrogens is 169 g/mol. The molecule has 0 atom stereocenters. The molecule has 2 nitrogen and oxygen atoms in total. The fourth-order valence-corrected chi connectivity index (χ4v) is 1.47. The first kappa shape index (κ1) is 8.10. The average molecular weight is 179 g/mol. The average Bonchev–Trinajstić information content (AvgIpc) is 2.48. The standard InChI is InChI=1S/C10H10FNO/c1-6-5-7-9(13-2)4-3-8(11)10(7)12-6/h3-5,12H,1-2H3. The van der Waals surface area contributed by atoms with Gasteiger partial charge in [0.25, 0.3) is 0 Å². The molecule has 1 heterocycles. The van der Waals surface area contributed by atoms with Crippen molar-refractivity contribution in [2.24, 2.45) is 0 Å². The van der Waals surface area contributed by atoms with Crippen molar-refractivity contribution in [3.8, 4) is 5.75 Å². The smallest absolute Gasteiger partial charge is 0.147 e. The Morgan fingerprint density at radius 1 is 1.38 bits per heavy atom. The molecule has 0 fully saturated rings. The fraction of sp³-hybridized carbons (Fsp3) is 0.200. The zero-order valence-electron chi connectivity index (χ0n) is 7.52. The topological polar surface area (TPSA) is 25.0 Å². The van der Waals surface area contributed by atoms with Gasteiger partial charge in [-0.3, -0.25) is 0 Å². The molecule has 1 aromatic heterocycles. The number of ether oxygens (including phenoxy) is 1. The van der Waals surface area contributed by atoms with E-state index in [4.69, 9.17) is 4.74 Å². The summed E-state index contributed by atoms with van der Waals surface area (Å²) in [6, 6.07) is 4.90.